The van der Waals surface area contributed by atoms with Gasteiger partial charge in [0.2, 0.25) is 5.91 Å². The molecule has 2 aromatic rings. The molecule has 128 valence electrons. The molecule has 8 heteroatoms. The number of carbonyl (C=O) groups excluding carboxylic acids is 1. The van der Waals surface area contributed by atoms with Crippen molar-refractivity contribution in [2.75, 3.05) is 0 Å². The molecule has 0 aliphatic heterocycles. The van der Waals surface area contributed by atoms with Gasteiger partial charge in [-0.15, -0.1) is 11.3 Å². The fourth-order valence-corrected chi connectivity index (χ4v) is 2.95. The second-order valence-electron chi connectivity index (χ2n) is 5.11. The predicted octanol–water partition coefficient (Wildman–Crippen LogP) is 3.64. The van der Waals surface area contributed by atoms with Gasteiger partial charge in [0.1, 0.15) is 0 Å². The highest BCUT2D eigenvalue weighted by Crippen LogP contribution is 2.29. The lowest BCUT2D eigenvalue weighted by molar-refractivity contribution is -0.138. The molecule has 1 amide bonds. The van der Waals surface area contributed by atoms with Crippen LogP contribution in [0.5, 0.6) is 0 Å². The number of halogens is 3. The van der Waals surface area contributed by atoms with Gasteiger partial charge in [-0.2, -0.15) is 13.2 Å². The first-order chi connectivity index (χ1) is 11.3. The summed E-state index contributed by atoms with van der Waals surface area (Å²) in [4.78, 5) is 23.7. The fraction of sp³-hybridized carbons (Fsp3) is 0.250. The van der Waals surface area contributed by atoms with Gasteiger partial charge in [-0.05, 0) is 23.1 Å². The van der Waals surface area contributed by atoms with Crippen LogP contribution in [-0.4, -0.2) is 17.0 Å². The zero-order valence-corrected chi connectivity index (χ0v) is 13.2. The number of hydrogen-bond donors (Lipinski definition) is 2. The third-order valence-corrected chi connectivity index (χ3v) is 4.21. The maximum absolute atomic E-state index is 12.7. The summed E-state index contributed by atoms with van der Waals surface area (Å²) < 4.78 is 38.0. The average Bonchev–Trinajstić information content (AvgIpc) is 2.99. The number of benzene rings is 1. The quantitative estimate of drug-likeness (QED) is 0.829. The molecule has 0 spiro atoms. The van der Waals surface area contributed by atoms with Crippen LogP contribution in [0.1, 0.15) is 28.5 Å². The third-order valence-electron chi connectivity index (χ3n) is 3.22. The Morgan fingerprint density at radius 1 is 1.21 bits per heavy atom. The average molecular weight is 357 g/mol. The van der Waals surface area contributed by atoms with Gasteiger partial charge in [0.25, 0.3) is 0 Å². The van der Waals surface area contributed by atoms with E-state index in [1.54, 1.807) is 17.5 Å². The number of alkyl halides is 3. The van der Waals surface area contributed by atoms with E-state index in [4.69, 9.17) is 5.11 Å². The summed E-state index contributed by atoms with van der Waals surface area (Å²) in [6.45, 7) is 0. The van der Waals surface area contributed by atoms with Crippen molar-refractivity contribution in [2.24, 2.45) is 0 Å². The van der Waals surface area contributed by atoms with E-state index in [-0.39, 0.29) is 18.4 Å². The Hall–Kier alpha value is -2.35. The molecule has 2 N–H and O–H groups in total. The Bertz CT molecular complexity index is 714. The molecule has 1 atom stereocenters. The highest BCUT2D eigenvalue weighted by atomic mass is 32.1. The van der Waals surface area contributed by atoms with Crippen LogP contribution in [0.2, 0.25) is 0 Å². The molecule has 0 aliphatic rings. The van der Waals surface area contributed by atoms with E-state index in [0.717, 1.165) is 12.1 Å². The number of nitrogens with one attached hydrogen (secondary N) is 1. The van der Waals surface area contributed by atoms with Gasteiger partial charge in [-0.1, -0.05) is 24.3 Å². The second-order valence-corrected chi connectivity index (χ2v) is 6.09. The molecular weight excluding hydrogens is 343 g/mol. The lowest BCUT2D eigenvalue weighted by Crippen LogP contribution is -2.31. The summed E-state index contributed by atoms with van der Waals surface area (Å²) in [5.41, 5.74) is -0.615. The van der Waals surface area contributed by atoms with Crippen molar-refractivity contribution in [3.05, 3.63) is 57.8 Å². The van der Waals surface area contributed by atoms with Gasteiger partial charge >= 0.3 is 12.1 Å². The van der Waals surface area contributed by atoms with E-state index in [1.807, 2.05) is 0 Å². The van der Waals surface area contributed by atoms with Crippen molar-refractivity contribution in [3.63, 3.8) is 0 Å². The first kappa shape index (κ1) is 18.0. The Balaban J connectivity index is 2.07. The summed E-state index contributed by atoms with van der Waals surface area (Å²) in [5, 5.41) is 13.3. The normalized spacial score (nSPS) is 12.6. The van der Waals surface area contributed by atoms with Crippen molar-refractivity contribution in [3.8, 4) is 0 Å². The van der Waals surface area contributed by atoms with Crippen molar-refractivity contribution in [1.82, 2.24) is 5.32 Å². The lowest BCUT2D eigenvalue weighted by atomic mass is 10.1. The molecule has 0 radical (unpaired) electrons. The van der Waals surface area contributed by atoms with Crippen LogP contribution in [0.3, 0.4) is 0 Å². The monoisotopic (exact) mass is 357 g/mol. The summed E-state index contributed by atoms with van der Waals surface area (Å²) >= 11 is 1.30. The molecule has 0 unspecified atom stereocenters. The molecule has 1 aromatic heterocycles. The van der Waals surface area contributed by atoms with Crippen LogP contribution in [0.15, 0.2) is 41.8 Å². The Morgan fingerprint density at radius 2 is 1.96 bits per heavy atom. The Kier molecular flexibility index (Phi) is 5.61. The first-order valence-electron chi connectivity index (χ1n) is 6.96. The molecular formula is C16H14F3NO3S. The maximum atomic E-state index is 12.7. The molecule has 0 fully saturated rings. The van der Waals surface area contributed by atoms with Crippen LogP contribution < -0.4 is 5.32 Å². The number of carboxylic acid groups (broad SMARTS) is 1. The van der Waals surface area contributed by atoms with Crippen LogP contribution in [0, 0.1) is 0 Å². The SMILES string of the molecule is O=C(O)C[C@@H](NC(=O)Cc1cccc(C(F)(F)F)c1)c1cccs1. The third kappa shape index (κ3) is 5.09. The molecule has 0 bridgehead atoms. The molecule has 1 heterocycles. The smallest absolute Gasteiger partial charge is 0.416 e. The van der Waals surface area contributed by atoms with Gasteiger partial charge in [0.05, 0.1) is 24.4 Å². The number of aliphatic carboxylic acids is 1. The van der Waals surface area contributed by atoms with Crippen molar-refractivity contribution in [2.45, 2.75) is 25.1 Å². The molecule has 24 heavy (non-hydrogen) atoms. The van der Waals surface area contributed by atoms with E-state index in [0.29, 0.717) is 4.88 Å². The van der Waals surface area contributed by atoms with E-state index in [9.17, 15) is 22.8 Å². The number of carboxylic acids is 1. The topological polar surface area (TPSA) is 66.4 Å². The number of amides is 1. The van der Waals surface area contributed by atoms with Crippen LogP contribution in [-0.2, 0) is 22.2 Å². The van der Waals surface area contributed by atoms with Gasteiger partial charge in [0, 0.05) is 4.88 Å². The van der Waals surface area contributed by atoms with E-state index >= 15 is 0 Å². The van der Waals surface area contributed by atoms with Crippen LogP contribution in [0.4, 0.5) is 13.2 Å². The molecule has 0 saturated heterocycles. The molecule has 0 saturated carbocycles. The minimum Gasteiger partial charge on any atom is -0.481 e. The summed E-state index contributed by atoms with van der Waals surface area (Å²) in [6.07, 6.45) is -5.03. The summed E-state index contributed by atoms with van der Waals surface area (Å²) in [7, 11) is 0. The molecule has 2 rings (SSSR count). The number of rotatable bonds is 6. The highest BCUT2D eigenvalue weighted by molar-refractivity contribution is 7.10. The predicted molar refractivity (Wildman–Crippen MR) is 82.6 cm³/mol. The van der Waals surface area contributed by atoms with Gasteiger partial charge in [0.15, 0.2) is 0 Å². The van der Waals surface area contributed by atoms with Crippen LogP contribution in [0.25, 0.3) is 0 Å². The minimum absolute atomic E-state index is 0.211. The largest absolute Gasteiger partial charge is 0.481 e. The number of thiophene rings is 1. The maximum Gasteiger partial charge on any atom is 0.416 e. The lowest BCUT2D eigenvalue weighted by Gasteiger charge is -2.16. The standard InChI is InChI=1S/C16H14F3NO3S/c17-16(18,19)11-4-1-3-10(7-11)8-14(21)20-12(9-15(22)23)13-5-2-6-24-13/h1-7,12H,8-9H2,(H,20,21)(H,22,23)/t12-/m1/s1. The number of hydrogen-bond acceptors (Lipinski definition) is 3. The van der Waals surface area contributed by atoms with Crippen molar-refractivity contribution >= 4 is 23.2 Å². The van der Waals surface area contributed by atoms with Crippen molar-refractivity contribution < 1.29 is 27.9 Å². The van der Waals surface area contributed by atoms with Gasteiger partial charge < -0.3 is 10.4 Å². The summed E-state index contributed by atoms with van der Waals surface area (Å²) in [6, 6.07) is 7.22. The first-order valence-corrected chi connectivity index (χ1v) is 7.84. The zero-order valence-electron chi connectivity index (χ0n) is 12.3. The fourth-order valence-electron chi connectivity index (χ4n) is 2.18. The number of carbonyl (C=O) groups is 2. The van der Waals surface area contributed by atoms with E-state index in [1.165, 1.54) is 23.5 Å². The van der Waals surface area contributed by atoms with E-state index in [2.05, 4.69) is 5.32 Å². The molecule has 1 aromatic carbocycles. The minimum atomic E-state index is -4.48. The zero-order chi connectivity index (χ0) is 17.7. The second kappa shape index (κ2) is 7.48. The highest BCUT2D eigenvalue weighted by Gasteiger charge is 2.30. The van der Waals surface area contributed by atoms with Crippen molar-refractivity contribution in [1.29, 1.82) is 0 Å². The van der Waals surface area contributed by atoms with Gasteiger partial charge in [-0.3, -0.25) is 9.59 Å². The Labute approximate surface area is 139 Å². The van der Waals surface area contributed by atoms with Gasteiger partial charge in [-0.25, -0.2) is 0 Å². The Morgan fingerprint density at radius 3 is 2.54 bits per heavy atom. The molecule has 0 aliphatic carbocycles. The summed E-state index contributed by atoms with van der Waals surface area (Å²) in [5.74, 6) is -1.61. The molecule has 4 nitrogen and oxygen atoms in total. The van der Waals surface area contributed by atoms with Crippen LogP contribution >= 0.6 is 11.3 Å². The van der Waals surface area contributed by atoms with E-state index < -0.39 is 29.7 Å².